The molecule has 23 heavy (non-hydrogen) atoms. The number of hydrogen-bond donors (Lipinski definition) is 2. The van der Waals surface area contributed by atoms with Gasteiger partial charge in [0.25, 0.3) is 0 Å². The lowest BCUT2D eigenvalue weighted by Crippen LogP contribution is -2.21. The molecular weight excluding hydrogens is 290 g/mol. The van der Waals surface area contributed by atoms with Crippen LogP contribution in [0.4, 0.5) is 5.69 Å². The fraction of sp³-hybridized carbons (Fsp3) is 0. The minimum atomic E-state index is -0.412. The van der Waals surface area contributed by atoms with Crippen molar-refractivity contribution < 1.29 is 9.53 Å². The van der Waals surface area contributed by atoms with E-state index in [1.807, 2.05) is 30.3 Å². The van der Waals surface area contributed by atoms with Crippen molar-refractivity contribution >= 4 is 28.4 Å². The maximum absolute atomic E-state index is 12.2. The van der Waals surface area contributed by atoms with Crippen LogP contribution in [0.2, 0.25) is 0 Å². The van der Waals surface area contributed by atoms with E-state index in [2.05, 4.69) is 4.99 Å². The fourth-order valence-corrected chi connectivity index (χ4v) is 2.31. The zero-order valence-corrected chi connectivity index (χ0v) is 12.3. The second-order valence-electron chi connectivity index (χ2n) is 4.92. The third-order valence-corrected chi connectivity index (χ3v) is 3.32. The van der Waals surface area contributed by atoms with E-state index in [0.29, 0.717) is 17.0 Å². The van der Waals surface area contributed by atoms with Crippen molar-refractivity contribution in [2.75, 3.05) is 0 Å². The van der Waals surface area contributed by atoms with Crippen LogP contribution < -0.4 is 16.2 Å². The molecule has 0 spiro atoms. The van der Waals surface area contributed by atoms with E-state index in [-0.39, 0.29) is 5.96 Å². The van der Waals surface area contributed by atoms with Gasteiger partial charge in [0, 0.05) is 10.8 Å². The first kappa shape index (κ1) is 14.6. The molecule has 3 rings (SSSR count). The average Bonchev–Trinajstić information content (AvgIpc) is 2.57. The summed E-state index contributed by atoms with van der Waals surface area (Å²) in [6, 6.07) is 19.7. The van der Waals surface area contributed by atoms with Gasteiger partial charge in [0.15, 0.2) is 5.96 Å². The van der Waals surface area contributed by atoms with Crippen molar-refractivity contribution in [3.8, 4) is 5.75 Å². The predicted molar refractivity (Wildman–Crippen MR) is 90.8 cm³/mol. The molecule has 3 aromatic carbocycles. The number of nitrogens with two attached hydrogens (primary N) is 2. The largest absolute Gasteiger partial charge is 0.422 e. The zero-order valence-electron chi connectivity index (χ0n) is 12.3. The van der Waals surface area contributed by atoms with Gasteiger partial charge in [-0.25, -0.2) is 9.79 Å². The molecule has 0 aromatic heterocycles. The number of aliphatic imine (C=N–C) groups is 1. The summed E-state index contributed by atoms with van der Waals surface area (Å²) >= 11 is 0. The third-order valence-electron chi connectivity index (χ3n) is 3.32. The van der Waals surface area contributed by atoms with Gasteiger partial charge < -0.3 is 16.2 Å². The Morgan fingerprint density at radius 2 is 1.48 bits per heavy atom. The molecule has 5 nitrogen and oxygen atoms in total. The maximum Gasteiger partial charge on any atom is 0.343 e. The number of rotatable bonds is 3. The SMILES string of the molecule is NC(N)=Nc1ccc(OC(=O)c2ccccc2)c2ccccc12. The monoisotopic (exact) mass is 305 g/mol. The van der Waals surface area contributed by atoms with Crippen molar-refractivity contribution in [1.29, 1.82) is 0 Å². The van der Waals surface area contributed by atoms with Crippen LogP contribution in [0, 0.1) is 0 Å². The summed E-state index contributed by atoms with van der Waals surface area (Å²) in [6.07, 6.45) is 0. The summed E-state index contributed by atoms with van der Waals surface area (Å²) < 4.78 is 5.52. The van der Waals surface area contributed by atoms with Crippen LogP contribution in [0.5, 0.6) is 5.75 Å². The first-order chi connectivity index (χ1) is 11.1. The summed E-state index contributed by atoms with van der Waals surface area (Å²) in [5, 5.41) is 1.57. The number of nitrogens with zero attached hydrogens (tertiary/aromatic N) is 1. The molecule has 0 saturated heterocycles. The smallest absolute Gasteiger partial charge is 0.343 e. The molecule has 4 N–H and O–H groups in total. The first-order valence-electron chi connectivity index (χ1n) is 7.04. The van der Waals surface area contributed by atoms with Gasteiger partial charge >= 0.3 is 5.97 Å². The van der Waals surface area contributed by atoms with Crippen LogP contribution >= 0.6 is 0 Å². The van der Waals surface area contributed by atoms with Gasteiger partial charge in [-0.1, -0.05) is 42.5 Å². The molecule has 0 unspecified atom stereocenters. The highest BCUT2D eigenvalue weighted by molar-refractivity contribution is 6.01. The third kappa shape index (κ3) is 3.13. The summed E-state index contributed by atoms with van der Waals surface area (Å²) in [5.74, 6) is 0.0264. The lowest BCUT2D eigenvalue weighted by atomic mass is 10.1. The number of carbonyl (C=O) groups is 1. The molecule has 0 aliphatic heterocycles. The Labute approximate surface area is 133 Å². The quantitative estimate of drug-likeness (QED) is 0.337. The van der Waals surface area contributed by atoms with Crippen LogP contribution in [0.25, 0.3) is 10.8 Å². The van der Waals surface area contributed by atoms with E-state index in [0.717, 1.165) is 10.8 Å². The number of benzene rings is 3. The van der Waals surface area contributed by atoms with Gasteiger partial charge in [-0.15, -0.1) is 0 Å². The molecule has 0 amide bonds. The van der Waals surface area contributed by atoms with Crippen LogP contribution in [0.1, 0.15) is 10.4 Å². The summed E-state index contributed by atoms with van der Waals surface area (Å²) in [5.41, 5.74) is 12.0. The summed E-state index contributed by atoms with van der Waals surface area (Å²) in [7, 11) is 0. The molecule has 0 aliphatic carbocycles. The molecule has 0 atom stereocenters. The summed E-state index contributed by atoms with van der Waals surface area (Å²) in [6.45, 7) is 0. The van der Waals surface area contributed by atoms with Gasteiger partial charge in [-0.3, -0.25) is 0 Å². The second kappa shape index (κ2) is 6.19. The molecule has 0 bridgehead atoms. The normalized spacial score (nSPS) is 10.3. The number of carbonyl (C=O) groups excluding carboxylic acids is 1. The maximum atomic E-state index is 12.2. The Morgan fingerprint density at radius 1 is 0.826 bits per heavy atom. The highest BCUT2D eigenvalue weighted by Gasteiger charge is 2.12. The van der Waals surface area contributed by atoms with E-state index in [1.54, 1.807) is 36.4 Å². The molecule has 3 aromatic rings. The number of guanidine groups is 1. The molecule has 5 heteroatoms. The van der Waals surface area contributed by atoms with Crippen molar-refractivity contribution in [1.82, 2.24) is 0 Å². The predicted octanol–water partition coefficient (Wildman–Crippen LogP) is 2.96. The standard InChI is InChI=1S/C18H15N3O2/c19-18(20)21-15-10-11-16(14-9-5-4-8-13(14)15)23-17(22)12-6-2-1-3-7-12/h1-11H,(H4,19,20,21). The first-order valence-corrected chi connectivity index (χ1v) is 7.04. The zero-order chi connectivity index (χ0) is 16.2. The van der Waals surface area contributed by atoms with Crippen molar-refractivity contribution in [3.05, 3.63) is 72.3 Å². The molecular formula is C18H15N3O2. The van der Waals surface area contributed by atoms with Gasteiger partial charge in [0.2, 0.25) is 0 Å². The number of esters is 1. The van der Waals surface area contributed by atoms with Crippen LogP contribution in [-0.4, -0.2) is 11.9 Å². The van der Waals surface area contributed by atoms with Crippen molar-refractivity contribution in [3.63, 3.8) is 0 Å². The van der Waals surface area contributed by atoms with E-state index in [1.165, 1.54) is 0 Å². The lowest BCUT2D eigenvalue weighted by Gasteiger charge is -2.09. The van der Waals surface area contributed by atoms with Gasteiger partial charge in [0.1, 0.15) is 5.75 Å². The van der Waals surface area contributed by atoms with E-state index >= 15 is 0 Å². The highest BCUT2D eigenvalue weighted by atomic mass is 16.5. The topological polar surface area (TPSA) is 90.7 Å². The number of hydrogen-bond acceptors (Lipinski definition) is 3. The van der Waals surface area contributed by atoms with Crippen molar-refractivity contribution in [2.45, 2.75) is 0 Å². The lowest BCUT2D eigenvalue weighted by molar-refractivity contribution is 0.0737. The fourth-order valence-electron chi connectivity index (χ4n) is 2.31. The Kier molecular flexibility index (Phi) is 3.93. The van der Waals surface area contributed by atoms with Crippen LogP contribution in [0.15, 0.2) is 71.7 Å². The Morgan fingerprint density at radius 3 is 2.17 bits per heavy atom. The molecule has 0 saturated carbocycles. The Hall–Kier alpha value is -3.34. The average molecular weight is 305 g/mol. The number of ether oxygens (including phenoxy) is 1. The van der Waals surface area contributed by atoms with Crippen LogP contribution in [-0.2, 0) is 0 Å². The second-order valence-corrected chi connectivity index (χ2v) is 4.92. The molecule has 0 radical (unpaired) electrons. The van der Waals surface area contributed by atoms with E-state index < -0.39 is 5.97 Å². The van der Waals surface area contributed by atoms with Crippen LogP contribution in [0.3, 0.4) is 0 Å². The Balaban J connectivity index is 2.03. The minimum absolute atomic E-state index is 0.0239. The summed E-state index contributed by atoms with van der Waals surface area (Å²) in [4.78, 5) is 16.3. The molecule has 0 heterocycles. The van der Waals surface area contributed by atoms with Crippen molar-refractivity contribution in [2.24, 2.45) is 16.5 Å². The van der Waals surface area contributed by atoms with E-state index in [9.17, 15) is 4.79 Å². The molecule has 0 aliphatic rings. The molecule has 114 valence electrons. The minimum Gasteiger partial charge on any atom is -0.422 e. The highest BCUT2D eigenvalue weighted by Crippen LogP contribution is 2.33. The number of fused-ring (bicyclic) bond motifs is 1. The molecule has 0 fully saturated rings. The van der Waals surface area contributed by atoms with Gasteiger partial charge in [-0.2, -0.15) is 0 Å². The van der Waals surface area contributed by atoms with Gasteiger partial charge in [-0.05, 0) is 24.3 Å². The Bertz CT molecular complexity index is 885. The van der Waals surface area contributed by atoms with E-state index in [4.69, 9.17) is 16.2 Å². The van der Waals surface area contributed by atoms with Gasteiger partial charge in [0.05, 0.1) is 11.3 Å².